The smallest absolute Gasteiger partial charge is 0.416 e. The van der Waals surface area contributed by atoms with Crippen LogP contribution in [0.15, 0.2) is 44.8 Å². The number of carbonyl (C=O) groups is 1. The van der Waals surface area contributed by atoms with E-state index >= 15 is 0 Å². The Kier molecular flexibility index (Phi) is 8.07. The Hall–Kier alpha value is -3.36. The van der Waals surface area contributed by atoms with Crippen LogP contribution in [0.2, 0.25) is 5.02 Å². The number of aromatic amines is 1. The van der Waals surface area contributed by atoms with Gasteiger partial charge in [0.15, 0.2) is 9.84 Å². The molecule has 1 atom stereocenters. The van der Waals surface area contributed by atoms with Gasteiger partial charge in [0.05, 0.1) is 33.7 Å². The average Bonchev–Trinajstić information content (AvgIpc) is 3.33. The van der Waals surface area contributed by atoms with Crippen LogP contribution < -0.4 is 11.2 Å². The van der Waals surface area contributed by atoms with Gasteiger partial charge in [-0.3, -0.25) is 14.3 Å². The first-order chi connectivity index (χ1) is 18.6. The lowest BCUT2D eigenvalue weighted by atomic mass is 10.0. The summed E-state index contributed by atoms with van der Waals surface area (Å²) in [7, 11) is -2.37. The molecule has 10 nitrogen and oxygen atoms in total. The maximum atomic E-state index is 14.1. The number of nitrogens with one attached hydrogen (secondary N) is 1. The number of H-pyrrole nitrogens is 1. The van der Waals surface area contributed by atoms with Crippen molar-refractivity contribution in [3.05, 3.63) is 72.9 Å². The molecule has 216 valence electrons. The molecule has 2 heterocycles. The highest BCUT2D eigenvalue weighted by molar-refractivity contribution is 7.91. The Balaban J connectivity index is 1.78. The van der Waals surface area contributed by atoms with Gasteiger partial charge in [-0.15, -0.1) is 0 Å². The highest BCUT2D eigenvalue weighted by Crippen LogP contribution is 2.35. The fourth-order valence-corrected chi connectivity index (χ4v) is 6.16. The van der Waals surface area contributed by atoms with Crippen molar-refractivity contribution in [2.45, 2.75) is 43.5 Å². The molecule has 40 heavy (non-hydrogen) atoms. The number of rotatable bonds is 7. The topological polar surface area (TPSA) is 133 Å². The van der Waals surface area contributed by atoms with Gasteiger partial charge in [-0.25, -0.2) is 18.0 Å². The summed E-state index contributed by atoms with van der Waals surface area (Å²) in [5.74, 6) is -0.257. The minimum Gasteiger partial charge on any atom is -0.465 e. The summed E-state index contributed by atoms with van der Waals surface area (Å²) in [6.07, 6.45) is -5.53. The van der Waals surface area contributed by atoms with Crippen LogP contribution >= 0.6 is 11.6 Å². The summed E-state index contributed by atoms with van der Waals surface area (Å²) in [5, 5.41) is 8.94. The van der Waals surface area contributed by atoms with E-state index in [1.165, 1.54) is 32.2 Å². The summed E-state index contributed by atoms with van der Waals surface area (Å²) < 4.78 is 68.1. The molecule has 1 aliphatic heterocycles. The lowest BCUT2D eigenvalue weighted by Gasteiger charge is -2.23. The third kappa shape index (κ3) is 5.88. The highest BCUT2D eigenvalue weighted by Gasteiger charge is 2.36. The molecule has 0 unspecified atom stereocenters. The van der Waals surface area contributed by atoms with Gasteiger partial charge in [0.1, 0.15) is 0 Å². The van der Waals surface area contributed by atoms with Crippen LogP contribution in [0.5, 0.6) is 0 Å². The number of alkyl halides is 3. The molecule has 1 aromatic heterocycles. The van der Waals surface area contributed by atoms with Crippen LogP contribution in [0.25, 0.3) is 10.9 Å². The minimum atomic E-state index is -4.83. The van der Waals surface area contributed by atoms with Gasteiger partial charge in [-0.05, 0) is 47.9 Å². The average molecular weight is 603 g/mol. The summed E-state index contributed by atoms with van der Waals surface area (Å²) in [6, 6.07) is 5.29. The van der Waals surface area contributed by atoms with E-state index in [9.17, 15) is 41.1 Å². The number of hydrogen-bond donors (Lipinski definition) is 2. The monoisotopic (exact) mass is 602 g/mol. The molecular formula is C25H26ClF3N4O6S. The van der Waals surface area contributed by atoms with Crippen LogP contribution in [0.1, 0.15) is 30.0 Å². The standard InChI is InChI=1S/C25H26ClF3N4O6S/c1-3-40(38,39)21-5-4-16(26)8-15(21)12-33-22(34)18-10-19(25(27,28)29)14(9-20(18)30-23(33)35)11-32-7-6-17(13-32)31(2)24(36)37/h4-5,8-10,17H,3,6-7,11-13H2,1-2H3,(H,30,35)(H,36,37)/t17-/m1/s1. The number of likely N-dealkylation sites (tertiary alicyclic amines) is 1. The highest BCUT2D eigenvalue weighted by atomic mass is 35.5. The molecule has 3 aromatic rings. The van der Waals surface area contributed by atoms with E-state index in [1.807, 2.05) is 0 Å². The molecule has 15 heteroatoms. The Labute approximate surface area is 231 Å². The van der Waals surface area contributed by atoms with E-state index < -0.39 is 50.9 Å². The molecule has 4 rings (SSSR count). The first-order valence-electron chi connectivity index (χ1n) is 12.2. The van der Waals surface area contributed by atoms with E-state index in [0.717, 1.165) is 11.0 Å². The van der Waals surface area contributed by atoms with Crippen molar-refractivity contribution in [2.75, 3.05) is 25.9 Å². The van der Waals surface area contributed by atoms with Crippen LogP contribution in [-0.4, -0.2) is 70.9 Å². The van der Waals surface area contributed by atoms with Gasteiger partial charge < -0.3 is 15.0 Å². The lowest BCUT2D eigenvalue weighted by molar-refractivity contribution is -0.138. The second kappa shape index (κ2) is 10.9. The molecule has 1 aliphatic rings. The fourth-order valence-electron chi connectivity index (χ4n) is 4.85. The van der Waals surface area contributed by atoms with Gasteiger partial charge in [0.2, 0.25) is 0 Å². The fraction of sp³-hybridized carbons (Fsp3) is 0.400. The molecule has 0 radical (unpaired) electrons. The summed E-state index contributed by atoms with van der Waals surface area (Å²) in [4.78, 5) is 42.6. The number of benzene rings is 2. The van der Waals surface area contributed by atoms with Crippen LogP contribution in [0.4, 0.5) is 18.0 Å². The molecule has 0 spiro atoms. The molecule has 0 saturated carbocycles. The molecule has 1 amide bonds. The second-order valence-electron chi connectivity index (χ2n) is 9.60. The quantitative estimate of drug-likeness (QED) is 0.424. The number of carboxylic acid groups (broad SMARTS) is 1. The van der Waals surface area contributed by atoms with E-state index in [4.69, 9.17) is 11.6 Å². The predicted octanol–water partition coefficient (Wildman–Crippen LogP) is 3.39. The Morgan fingerprint density at radius 1 is 1.18 bits per heavy atom. The predicted molar refractivity (Wildman–Crippen MR) is 142 cm³/mol. The van der Waals surface area contributed by atoms with Gasteiger partial charge in [0, 0.05) is 37.7 Å². The van der Waals surface area contributed by atoms with Crippen molar-refractivity contribution >= 4 is 38.4 Å². The largest absolute Gasteiger partial charge is 0.465 e. The van der Waals surface area contributed by atoms with Crippen molar-refractivity contribution in [3.63, 3.8) is 0 Å². The van der Waals surface area contributed by atoms with Gasteiger partial charge in [0.25, 0.3) is 5.56 Å². The third-order valence-corrected chi connectivity index (χ3v) is 9.13. The number of amides is 1. The van der Waals surface area contributed by atoms with Crippen LogP contribution in [0, 0.1) is 0 Å². The van der Waals surface area contributed by atoms with Crippen molar-refractivity contribution in [1.29, 1.82) is 0 Å². The normalized spacial score (nSPS) is 16.5. The van der Waals surface area contributed by atoms with Crippen LogP contribution in [0.3, 0.4) is 0 Å². The van der Waals surface area contributed by atoms with E-state index in [0.29, 0.717) is 23.6 Å². The Bertz CT molecular complexity index is 1700. The number of fused-ring (bicyclic) bond motifs is 1. The number of aromatic nitrogens is 2. The molecule has 0 bridgehead atoms. The molecular weight excluding hydrogens is 577 g/mol. The zero-order chi connectivity index (χ0) is 29.6. The summed E-state index contributed by atoms with van der Waals surface area (Å²) in [5.41, 5.74) is -3.28. The molecule has 2 N–H and O–H groups in total. The van der Waals surface area contributed by atoms with Gasteiger partial charge >= 0.3 is 18.0 Å². The molecule has 1 saturated heterocycles. The van der Waals surface area contributed by atoms with Crippen molar-refractivity contribution in [1.82, 2.24) is 19.4 Å². The zero-order valence-corrected chi connectivity index (χ0v) is 23.0. The first-order valence-corrected chi connectivity index (χ1v) is 14.2. The Morgan fingerprint density at radius 3 is 2.50 bits per heavy atom. The number of sulfone groups is 1. The lowest BCUT2D eigenvalue weighted by Crippen LogP contribution is -2.38. The summed E-state index contributed by atoms with van der Waals surface area (Å²) >= 11 is 6.02. The second-order valence-corrected chi connectivity index (χ2v) is 12.3. The molecule has 0 aliphatic carbocycles. The zero-order valence-electron chi connectivity index (χ0n) is 21.5. The van der Waals surface area contributed by atoms with E-state index in [2.05, 4.69) is 4.98 Å². The molecule has 2 aromatic carbocycles. The number of hydrogen-bond acceptors (Lipinski definition) is 6. The van der Waals surface area contributed by atoms with E-state index in [1.54, 1.807) is 4.90 Å². The van der Waals surface area contributed by atoms with Gasteiger partial charge in [-0.2, -0.15) is 13.2 Å². The van der Waals surface area contributed by atoms with Crippen molar-refractivity contribution in [2.24, 2.45) is 0 Å². The maximum Gasteiger partial charge on any atom is 0.416 e. The first kappa shape index (κ1) is 29.6. The van der Waals surface area contributed by atoms with Gasteiger partial charge in [-0.1, -0.05) is 18.5 Å². The SMILES string of the molecule is CCS(=O)(=O)c1ccc(Cl)cc1Cn1c(=O)[nH]c2cc(CN3CC[C@@H](N(C)C(=O)O)C3)c(C(F)(F)F)cc2c1=O. The van der Waals surface area contributed by atoms with Crippen molar-refractivity contribution in [3.8, 4) is 0 Å². The maximum absolute atomic E-state index is 14.1. The van der Waals surface area contributed by atoms with Crippen molar-refractivity contribution < 1.29 is 31.5 Å². The number of likely N-dealkylation sites (N-methyl/N-ethyl adjacent to an activating group) is 1. The number of halogens is 4. The molecule has 1 fully saturated rings. The van der Waals surface area contributed by atoms with E-state index in [-0.39, 0.29) is 51.4 Å². The Morgan fingerprint density at radius 2 is 1.88 bits per heavy atom. The summed E-state index contributed by atoms with van der Waals surface area (Å²) in [6.45, 7) is 1.29. The number of nitrogens with zero attached hydrogens (tertiary/aromatic N) is 3. The third-order valence-electron chi connectivity index (χ3n) is 7.07. The minimum absolute atomic E-state index is 0.0453. The van der Waals surface area contributed by atoms with Crippen LogP contribution in [-0.2, 0) is 29.1 Å².